The molecule has 0 aromatic heterocycles. The van der Waals surface area contributed by atoms with Gasteiger partial charge in [-0.05, 0) is 18.4 Å². The summed E-state index contributed by atoms with van der Waals surface area (Å²) in [4.78, 5) is 12.6. The molecule has 0 radical (unpaired) electrons. The van der Waals surface area contributed by atoms with E-state index in [1.807, 2.05) is 6.07 Å². The van der Waals surface area contributed by atoms with Crippen molar-refractivity contribution in [2.24, 2.45) is 0 Å². The zero-order chi connectivity index (χ0) is 16.0. The van der Waals surface area contributed by atoms with Crippen LogP contribution in [0.4, 0.5) is 0 Å². The Labute approximate surface area is 137 Å². The van der Waals surface area contributed by atoms with Crippen LogP contribution in [-0.4, -0.2) is 5.78 Å². The second kappa shape index (κ2) is 12.4. The lowest BCUT2D eigenvalue weighted by Gasteiger charge is -2.16. The Morgan fingerprint density at radius 1 is 0.818 bits per heavy atom. The van der Waals surface area contributed by atoms with Crippen molar-refractivity contribution in [2.75, 3.05) is 0 Å². The van der Waals surface area contributed by atoms with Crippen LogP contribution in [0.3, 0.4) is 0 Å². The van der Waals surface area contributed by atoms with Crippen molar-refractivity contribution >= 4 is 5.78 Å². The molecule has 0 saturated heterocycles. The molecule has 1 atom stereocenters. The molecule has 0 spiro atoms. The topological polar surface area (TPSA) is 17.1 Å². The summed E-state index contributed by atoms with van der Waals surface area (Å²) in [5.41, 5.74) is 1.22. The van der Waals surface area contributed by atoms with Gasteiger partial charge in [-0.15, -0.1) is 0 Å². The number of Topliss-reactive ketones (excluding diaryl/α,β-unsaturated/α-hetero) is 1. The highest BCUT2D eigenvalue weighted by atomic mass is 16.1. The Morgan fingerprint density at radius 2 is 1.41 bits per heavy atom. The van der Waals surface area contributed by atoms with Crippen molar-refractivity contribution in [2.45, 2.75) is 90.4 Å². The van der Waals surface area contributed by atoms with Crippen molar-refractivity contribution in [3.63, 3.8) is 0 Å². The second-order valence-corrected chi connectivity index (χ2v) is 6.44. The van der Waals surface area contributed by atoms with Gasteiger partial charge in [0.05, 0.1) is 0 Å². The summed E-state index contributed by atoms with van der Waals surface area (Å²) in [7, 11) is 0. The SMILES string of the molecule is CCCCCCCC(=O)C(CCCCCC)c1ccccc1. The molecule has 0 aliphatic heterocycles. The van der Waals surface area contributed by atoms with E-state index in [1.54, 1.807) is 0 Å². The van der Waals surface area contributed by atoms with Gasteiger partial charge in [-0.3, -0.25) is 4.79 Å². The lowest BCUT2D eigenvalue weighted by molar-refractivity contribution is -0.120. The minimum absolute atomic E-state index is 0.129. The summed E-state index contributed by atoms with van der Waals surface area (Å²) in [5, 5.41) is 0. The molecule has 0 N–H and O–H groups in total. The highest BCUT2D eigenvalue weighted by molar-refractivity contribution is 5.85. The fourth-order valence-corrected chi connectivity index (χ4v) is 3.05. The van der Waals surface area contributed by atoms with Gasteiger partial charge in [-0.25, -0.2) is 0 Å². The average Bonchev–Trinajstić information content (AvgIpc) is 2.55. The van der Waals surface area contributed by atoms with Gasteiger partial charge in [0.1, 0.15) is 5.78 Å². The van der Waals surface area contributed by atoms with Crippen LogP contribution in [0.2, 0.25) is 0 Å². The maximum absolute atomic E-state index is 12.6. The predicted octanol–water partition coefficient (Wildman–Crippen LogP) is 6.67. The predicted molar refractivity (Wildman–Crippen MR) is 96.3 cm³/mol. The molecule has 1 nitrogen and oxygen atoms in total. The highest BCUT2D eigenvalue weighted by Crippen LogP contribution is 2.26. The van der Waals surface area contributed by atoms with Crippen LogP contribution in [0, 0.1) is 0 Å². The van der Waals surface area contributed by atoms with Gasteiger partial charge in [0.15, 0.2) is 0 Å². The molecule has 0 saturated carbocycles. The van der Waals surface area contributed by atoms with Crippen LogP contribution >= 0.6 is 0 Å². The van der Waals surface area contributed by atoms with E-state index in [1.165, 1.54) is 56.9 Å². The van der Waals surface area contributed by atoms with Crippen molar-refractivity contribution in [3.8, 4) is 0 Å². The van der Waals surface area contributed by atoms with Crippen molar-refractivity contribution in [1.29, 1.82) is 0 Å². The number of benzene rings is 1. The van der Waals surface area contributed by atoms with Crippen LogP contribution < -0.4 is 0 Å². The third kappa shape index (κ3) is 7.77. The number of hydrogen-bond donors (Lipinski definition) is 0. The monoisotopic (exact) mass is 302 g/mol. The van der Waals surface area contributed by atoms with Gasteiger partial charge in [-0.2, -0.15) is 0 Å². The van der Waals surface area contributed by atoms with E-state index in [0.29, 0.717) is 5.78 Å². The van der Waals surface area contributed by atoms with Crippen LogP contribution in [0.25, 0.3) is 0 Å². The third-order valence-corrected chi connectivity index (χ3v) is 4.46. The second-order valence-electron chi connectivity index (χ2n) is 6.44. The van der Waals surface area contributed by atoms with E-state index in [-0.39, 0.29) is 5.92 Å². The molecule has 22 heavy (non-hydrogen) atoms. The Bertz CT molecular complexity index is 382. The minimum Gasteiger partial charge on any atom is -0.299 e. The molecule has 0 heterocycles. The van der Waals surface area contributed by atoms with E-state index in [2.05, 4.69) is 38.1 Å². The lowest BCUT2D eigenvalue weighted by atomic mass is 9.87. The van der Waals surface area contributed by atoms with Crippen LogP contribution in [0.1, 0.15) is 96.0 Å². The normalized spacial score (nSPS) is 12.3. The third-order valence-electron chi connectivity index (χ3n) is 4.46. The molecule has 0 aliphatic carbocycles. The molecular formula is C21H34O. The smallest absolute Gasteiger partial charge is 0.140 e. The van der Waals surface area contributed by atoms with Gasteiger partial charge in [0.2, 0.25) is 0 Å². The average molecular weight is 303 g/mol. The summed E-state index contributed by atoms with van der Waals surface area (Å²) in [6.45, 7) is 4.46. The fraction of sp³-hybridized carbons (Fsp3) is 0.667. The Hall–Kier alpha value is -1.11. The summed E-state index contributed by atoms with van der Waals surface area (Å²) >= 11 is 0. The molecule has 1 aromatic carbocycles. The van der Waals surface area contributed by atoms with Crippen LogP contribution in [-0.2, 0) is 4.79 Å². The molecule has 0 aliphatic rings. The van der Waals surface area contributed by atoms with Gasteiger partial charge in [0, 0.05) is 12.3 Å². The molecule has 124 valence electrons. The number of rotatable bonds is 13. The largest absolute Gasteiger partial charge is 0.299 e. The van der Waals surface area contributed by atoms with Crippen molar-refractivity contribution < 1.29 is 4.79 Å². The van der Waals surface area contributed by atoms with Gasteiger partial charge in [0.25, 0.3) is 0 Å². The first-order valence-corrected chi connectivity index (χ1v) is 9.37. The van der Waals surface area contributed by atoms with E-state index >= 15 is 0 Å². The standard InChI is InChI=1S/C21H34O/c1-3-5-7-9-14-18-21(22)20(17-13-8-6-4-2)19-15-11-10-12-16-19/h10-12,15-16,20H,3-9,13-14,17-18H2,1-2H3. The number of hydrogen-bond acceptors (Lipinski definition) is 1. The Kier molecular flexibility index (Phi) is 10.7. The zero-order valence-electron chi connectivity index (χ0n) is 14.7. The number of carbonyl (C=O) groups excluding carboxylic acids is 1. The van der Waals surface area contributed by atoms with E-state index in [0.717, 1.165) is 19.3 Å². The van der Waals surface area contributed by atoms with Crippen LogP contribution in [0.15, 0.2) is 30.3 Å². The van der Waals surface area contributed by atoms with Crippen LogP contribution in [0.5, 0.6) is 0 Å². The van der Waals surface area contributed by atoms with E-state index in [9.17, 15) is 4.79 Å². The Morgan fingerprint density at radius 3 is 2.05 bits per heavy atom. The summed E-state index contributed by atoms with van der Waals surface area (Å²) in [6.07, 6.45) is 12.9. The first kappa shape index (κ1) is 18.9. The molecule has 1 heteroatoms. The molecule has 0 amide bonds. The molecule has 1 unspecified atom stereocenters. The summed E-state index contributed by atoms with van der Waals surface area (Å²) in [5.74, 6) is 0.587. The first-order chi connectivity index (χ1) is 10.8. The quantitative estimate of drug-likeness (QED) is 0.372. The molecule has 0 fully saturated rings. The number of ketones is 1. The van der Waals surface area contributed by atoms with Crippen molar-refractivity contribution in [3.05, 3.63) is 35.9 Å². The van der Waals surface area contributed by atoms with Gasteiger partial charge in [-0.1, -0.05) is 95.5 Å². The number of unbranched alkanes of at least 4 members (excludes halogenated alkanes) is 7. The van der Waals surface area contributed by atoms with Crippen molar-refractivity contribution in [1.82, 2.24) is 0 Å². The highest BCUT2D eigenvalue weighted by Gasteiger charge is 2.19. The maximum Gasteiger partial charge on any atom is 0.140 e. The molecule has 1 rings (SSSR count). The molecular weight excluding hydrogens is 268 g/mol. The number of carbonyl (C=O) groups is 1. The lowest BCUT2D eigenvalue weighted by Crippen LogP contribution is -2.12. The van der Waals surface area contributed by atoms with Gasteiger partial charge < -0.3 is 0 Å². The maximum atomic E-state index is 12.6. The molecule has 1 aromatic rings. The molecule has 0 bridgehead atoms. The summed E-state index contributed by atoms with van der Waals surface area (Å²) < 4.78 is 0. The van der Waals surface area contributed by atoms with E-state index in [4.69, 9.17) is 0 Å². The van der Waals surface area contributed by atoms with Gasteiger partial charge >= 0.3 is 0 Å². The first-order valence-electron chi connectivity index (χ1n) is 9.37. The zero-order valence-corrected chi connectivity index (χ0v) is 14.7. The summed E-state index contributed by atoms with van der Waals surface area (Å²) in [6, 6.07) is 10.4. The Balaban J connectivity index is 2.47. The minimum atomic E-state index is 0.129. The van der Waals surface area contributed by atoms with E-state index < -0.39 is 0 Å². The fourth-order valence-electron chi connectivity index (χ4n) is 3.05.